The Morgan fingerprint density at radius 1 is 0.840 bits per heavy atom. The van der Waals surface area contributed by atoms with Crippen molar-refractivity contribution in [3.05, 3.63) is 144 Å². The number of hydrogen-bond acceptors (Lipinski definition) is 9. The number of rotatable bonds is 11. The van der Waals surface area contributed by atoms with E-state index in [1.165, 1.54) is 6.33 Å². The number of hydrogen-bond donors (Lipinski definition) is 1. The first-order valence-corrected chi connectivity index (χ1v) is 16.3. The third kappa shape index (κ3) is 5.55. The molecule has 3 atom stereocenters. The van der Waals surface area contributed by atoms with Crippen LogP contribution in [0.15, 0.2) is 122 Å². The molecule has 4 aromatic carbocycles. The smallest absolute Gasteiger partial charge is 0.256 e. The minimum atomic E-state index is -1.01. The molecule has 2 aliphatic heterocycles. The van der Waals surface area contributed by atoms with E-state index in [-0.39, 0.29) is 18.6 Å². The molecule has 0 saturated carbocycles. The van der Waals surface area contributed by atoms with Crippen LogP contribution in [0.4, 0.5) is 5.82 Å². The Kier molecular flexibility index (Phi) is 8.23. The SMILES string of the molecule is COc1ccc(C(OC[C@]23CO[C@H](C2)[C@H](n2cnc4c(NC(=O)c5ccccc5)ncnc42)O3)(c2ccccc2)c2ccc(OC)cc2)cc1. The normalized spacial score (nSPS) is 19.8. The van der Waals surface area contributed by atoms with E-state index < -0.39 is 17.4 Å². The van der Waals surface area contributed by atoms with Gasteiger partial charge in [-0.15, -0.1) is 0 Å². The molecule has 2 aromatic heterocycles. The molecule has 2 fully saturated rings. The first-order chi connectivity index (χ1) is 24.5. The highest BCUT2D eigenvalue weighted by atomic mass is 16.6. The number of nitrogens with zero attached hydrogens (tertiary/aromatic N) is 4. The molecule has 11 nitrogen and oxygen atoms in total. The summed E-state index contributed by atoms with van der Waals surface area (Å²) in [5.74, 6) is 1.53. The maximum atomic E-state index is 12.9. The van der Waals surface area contributed by atoms with Gasteiger partial charge >= 0.3 is 0 Å². The van der Waals surface area contributed by atoms with Crippen LogP contribution in [0.25, 0.3) is 11.2 Å². The van der Waals surface area contributed by atoms with Crippen LogP contribution in [-0.4, -0.2) is 64.6 Å². The first-order valence-electron chi connectivity index (χ1n) is 16.3. The fraction of sp³-hybridized carbons (Fsp3) is 0.231. The Balaban J connectivity index is 1.11. The number of nitrogens with one attached hydrogen (secondary N) is 1. The van der Waals surface area contributed by atoms with Gasteiger partial charge in [-0.05, 0) is 53.1 Å². The van der Waals surface area contributed by atoms with Crippen LogP contribution in [0, 0.1) is 0 Å². The van der Waals surface area contributed by atoms with Crippen LogP contribution >= 0.6 is 0 Å². The lowest BCUT2D eigenvalue weighted by molar-refractivity contribution is -0.198. The van der Waals surface area contributed by atoms with Crippen molar-refractivity contribution < 1.29 is 28.5 Å². The number of carbonyl (C=O) groups excluding carboxylic acids is 1. The van der Waals surface area contributed by atoms with E-state index >= 15 is 0 Å². The number of anilines is 1. The molecular weight excluding hydrogens is 634 g/mol. The molecule has 0 aliphatic carbocycles. The van der Waals surface area contributed by atoms with Crippen LogP contribution in [-0.2, 0) is 19.8 Å². The largest absolute Gasteiger partial charge is 0.497 e. The molecule has 2 saturated heterocycles. The van der Waals surface area contributed by atoms with Crippen molar-refractivity contribution in [3.8, 4) is 11.5 Å². The number of methoxy groups -OCH3 is 2. The van der Waals surface area contributed by atoms with E-state index in [0.717, 1.165) is 28.2 Å². The highest BCUT2D eigenvalue weighted by Crippen LogP contribution is 2.48. The van der Waals surface area contributed by atoms with E-state index in [0.29, 0.717) is 35.6 Å². The lowest BCUT2D eigenvalue weighted by Crippen LogP contribution is -2.44. The van der Waals surface area contributed by atoms with Crippen molar-refractivity contribution in [1.29, 1.82) is 0 Å². The minimum absolute atomic E-state index is 0.229. The highest BCUT2D eigenvalue weighted by Gasteiger charge is 2.56. The van der Waals surface area contributed by atoms with E-state index in [9.17, 15) is 4.79 Å². The zero-order chi connectivity index (χ0) is 34.1. The average molecular weight is 670 g/mol. The van der Waals surface area contributed by atoms with E-state index in [2.05, 4.69) is 32.4 Å². The number of amides is 1. The Hall–Kier alpha value is -5.62. The molecule has 4 heterocycles. The third-order valence-corrected chi connectivity index (χ3v) is 9.45. The molecule has 6 aromatic rings. The van der Waals surface area contributed by atoms with Crippen LogP contribution in [0.5, 0.6) is 11.5 Å². The molecule has 1 amide bonds. The van der Waals surface area contributed by atoms with Crippen molar-refractivity contribution in [3.63, 3.8) is 0 Å². The number of fused-ring (bicyclic) bond motifs is 3. The summed E-state index contributed by atoms with van der Waals surface area (Å²) in [5.41, 5.74) is 2.56. The predicted octanol–water partition coefficient (Wildman–Crippen LogP) is 6.16. The second-order valence-corrected chi connectivity index (χ2v) is 12.4. The van der Waals surface area contributed by atoms with Gasteiger partial charge in [0.15, 0.2) is 23.2 Å². The number of ether oxygens (including phenoxy) is 5. The van der Waals surface area contributed by atoms with E-state index in [4.69, 9.17) is 23.7 Å². The van der Waals surface area contributed by atoms with Crippen LogP contribution in [0.2, 0.25) is 0 Å². The van der Waals surface area contributed by atoms with Crippen LogP contribution in [0.3, 0.4) is 0 Å². The molecular formula is C39H35N5O6. The summed E-state index contributed by atoms with van der Waals surface area (Å²) in [5, 5.41) is 2.87. The van der Waals surface area contributed by atoms with Gasteiger partial charge in [0.2, 0.25) is 0 Å². The number of aromatic nitrogens is 4. The Morgan fingerprint density at radius 2 is 1.46 bits per heavy atom. The molecule has 2 bridgehead atoms. The minimum Gasteiger partial charge on any atom is -0.497 e. The summed E-state index contributed by atoms with van der Waals surface area (Å²) in [6.07, 6.45) is 2.89. The molecule has 0 spiro atoms. The standard InChI is InChI=1S/C39H35N5O6/c1-46-30-17-13-28(14-18-30)39(27-11-7-4-8-12-27,29-15-19-31(47-2)20-16-29)49-23-38-21-32(48-22-38)37(50-38)44-25-42-33-34(40-24-41-35(33)44)43-36(45)26-9-5-3-6-10-26/h3-20,24-25,32,37H,21-23H2,1-2H3,(H,40,41,43,45)/t32-,37-,38-/m1/s1. The summed E-state index contributed by atoms with van der Waals surface area (Å²) in [4.78, 5) is 26.3. The first kappa shape index (κ1) is 31.6. The molecule has 11 heteroatoms. The van der Waals surface area contributed by atoms with Gasteiger partial charge in [0.1, 0.15) is 35.1 Å². The van der Waals surface area contributed by atoms with Crippen molar-refractivity contribution in [2.75, 3.05) is 32.8 Å². The van der Waals surface area contributed by atoms with Gasteiger partial charge in [0.25, 0.3) is 5.91 Å². The van der Waals surface area contributed by atoms with Crippen molar-refractivity contribution >= 4 is 22.9 Å². The van der Waals surface area contributed by atoms with Gasteiger partial charge < -0.3 is 29.0 Å². The lowest BCUT2D eigenvalue weighted by atomic mass is 9.79. The predicted molar refractivity (Wildman–Crippen MR) is 185 cm³/mol. The summed E-state index contributed by atoms with van der Waals surface area (Å²) in [7, 11) is 3.31. The fourth-order valence-electron chi connectivity index (χ4n) is 6.92. The number of carbonyl (C=O) groups is 1. The number of benzene rings is 4. The van der Waals surface area contributed by atoms with E-state index in [1.54, 1.807) is 32.7 Å². The van der Waals surface area contributed by atoms with Gasteiger partial charge in [-0.25, -0.2) is 15.0 Å². The number of imidazole rings is 1. The molecule has 8 rings (SSSR count). The maximum absolute atomic E-state index is 12.9. The third-order valence-electron chi connectivity index (χ3n) is 9.45. The van der Waals surface area contributed by atoms with Gasteiger partial charge in [-0.1, -0.05) is 72.8 Å². The van der Waals surface area contributed by atoms with Crippen molar-refractivity contribution in [1.82, 2.24) is 19.5 Å². The van der Waals surface area contributed by atoms with Gasteiger partial charge in [-0.3, -0.25) is 9.36 Å². The van der Waals surface area contributed by atoms with Crippen molar-refractivity contribution in [2.24, 2.45) is 0 Å². The quantitative estimate of drug-likeness (QED) is 0.162. The summed E-state index contributed by atoms with van der Waals surface area (Å²) < 4.78 is 33.2. The van der Waals surface area contributed by atoms with Crippen LogP contribution in [0.1, 0.15) is 39.7 Å². The Bertz CT molecular complexity index is 2060. The zero-order valence-electron chi connectivity index (χ0n) is 27.6. The van der Waals surface area contributed by atoms with Crippen LogP contribution < -0.4 is 14.8 Å². The molecule has 0 radical (unpaired) electrons. The summed E-state index contributed by atoms with van der Waals surface area (Å²) in [6.45, 7) is 0.594. The lowest BCUT2D eigenvalue weighted by Gasteiger charge is -2.39. The van der Waals surface area contributed by atoms with Crippen molar-refractivity contribution in [2.45, 2.75) is 30.0 Å². The topological polar surface area (TPSA) is 119 Å². The van der Waals surface area contributed by atoms with Gasteiger partial charge in [0, 0.05) is 12.0 Å². The second-order valence-electron chi connectivity index (χ2n) is 12.4. The molecule has 2 aliphatic rings. The van der Waals surface area contributed by atoms with Gasteiger partial charge in [-0.2, -0.15) is 0 Å². The van der Waals surface area contributed by atoms with Gasteiger partial charge in [0.05, 0.1) is 33.8 Å². The molecule has 1 N–H and O–H groups in total. The highest BCUT2D eigenvalue weighted by molar-refractivity contribution is 6.06. The monoisotopic (exact) mass is 669 g/mol. The second kappa shape index (κ2) is 13.0. The molecule has 0 unspecified atom stereocenters. The summed E-state index contributed by atoms with van der Waals surface area (Å²) in [6, 6.07) is 35.0. The summed E-state index contributed by atoms with van der Waals surface area (Å²) >= 11 is 0. The Morgan fingerprint density at radius 3 is 2.10 bits per heavy atom. The fourth-order valence-corrected chi connectivity index (χ4v) is 6.92. The molecule has 50 heavy (non-hydrogen) atoms. The Labute approximate surface area is 288 Å². The zero-order valence-corrected chi connectivity index (χ0v) is 27.6. The molecule has 252 valence electrons. The average Bonchev–Trinajstić information content (AvgIpc) is 3.91. The maximum Gasteiger partial charge on any atom is 0.256 e. The van der Waals surface area contributed by atoms with E-state index in [1.807, 2.05) is 89.5 Å².